The zero-order chi connectivity index (χ0) is 15.2. The monoisotopic (exact) mass is 285 g/mol. The smallest absolute Gasteiger partial charge is 0.259 e. The van der Waals surface area contributed by atoms with Crippen LogP contribution < -0.4 is 5.32 Å². The number of anilines is 1. The van der Waals surface area contributed by atoms with E-state index in [1.807, 2.05) is 24.3 Å². The maximum Gasteiger partial charge on any atom is 0.259 e. The van der Waals surface area contributed by atoms with Crippen molar-refractivity contribution in [3.63, 3.8) is 0 Å². The number of rotatable bonds is 5. The minimum Gasteiger partial charge on any atom is -0.504 e. The second-order valence-corrected chi connectivity index (χ2v) is 4.93. The number of amides is 1. The second kappa shape index (κ2) is 6.79. The van der Waals surface area contributed by atoms with Gasteiger partial charge in [0, 0.05) is 5.69 Å². The fourth-order valence-electron chi connectivity index (χ4n) is 2.05. The number of phenolic OH excluding ortho intramolecular Hbond substituents is 2. The highest BCUT2D eigenvalue weighted by atomic mass is 16.3. The second-order valence-electron chi connectivity index (χ2n) is 4.93. The van der Waals surface area contributed by atoms with E-state index in [1.54, 1.807) is 0 Å². The van der Waals surface area contributed by atoms with Gasteiger partial charge in [0.15, 0.2) is 11.5 Å². The minimum atomic E-state index is -0.454. The molecule has 0 saturated heterocycles. The highest BCUT2D eigenvalue weighted by Gasteiger charge is 2.13. The molecule has 0 fully saturated rings. The number of aromatic hydroxyl groups is 2. The van der Waals surface area contributed by atoms with Crippen LogP contribution in [0.3, 0.4) is 0 Å². The summed E-state index contributed by atoms with van der Waals surface area (Å²) in [7, 11) is 0. The molecule has 0 unspecified atom stereocenters. The molecule has 3 N–H and O–H groups in total. The van der Waals surface area contributed by atoms with Crippen molar-refractivity contribution in [2.24, 2.45) is 0 Å². The molecule has 2 aromatic rings. The molecule has 4 heteroatoms. The standard InChI is InChI=1S/C17H19NO3/c1-2-3-5-12-8-10-13(11-9-12)18-17(21)14-6-4-7-15(19)16(14)20/h4,6-11,19-20H,2-3,5H2,1H3,(H,18,21). The number of nitrogens with one attached hydrogen (secondary N) is 1. The summed E-state index contributed by atoms with van der Waals surface area (Å²) in [6, 6.07) is 11.9. The molecule has 4 nitrogen and oxygen atoms in total. The third kappa shape index (κ3) is 3.75. The largest absolute Gasteiger partial charge is 0.504 e. The topological polar surface area (TPSA) is 69.6 Å². The number of para-hydroxylation sites is 1. The number of carbonyl (C=O) groups is 1. The molecule has 110 valence electrons. The van der Waals surface area contributed by atoms with Gasteiger partial charge in [-0.05, 0) is 42.7 Å². The van der Waals surface area contributed by atoms with Crippen LogP contribution in [0.15, 0.2) is 42.5 Å². The Kier molecular flexibility index (Phi) is 4.82. The third-order valence-corrected chi connectivity index (χ3v) is 3.29. The predicted octanol–water partition coefficient (Wildman–Crippen LogP) is 3.69. The Hall–Kier alpha value is -2.49. The van der Waals surface area contributed by atoms with Crippen molar-refractivity contribution in [1.29, 1.82) is 0 Å². The Morgan fingerprint density at radius 1 is 1.10 bits per heavy atom. The van der Waals surface area contributed by atoms with Gasteiger partial charge in [-0.25, -0.2) is 0 Å². The van der Waals surface area contributed by atoms with Gasteiger partial charge in [-0.15, -0.1) is 0 Å². The highest BCUT2D eigenvalue weighted by molar-refractivity contribution is 6.06. The quantitative estimate of drug-likeness (QED) is 0.734. The van der Waals surface area contributed by atoms with Crippen LogP contribution in [-0.4, -0.2) is 16.1 Å². The number of benzene rings is 2. The van der Waals surface area contributed by atoms with Gasteiger partial charge in [0.1, 0.15) is 0 Å². The van der Waals surface area contributed by atoms with E-state index in [9.17, 15) is 15.0 Å². The van der Waals surface area contributed by atoms with E-state index in [0.717, 1.165) is 19.3 Å². The summed E-state index contributed by atoms with van der Waals surface area (Å²) in [6.45, 7) is 2.15. The SMILES string of the molecule is CCCCc1ccc(NC(=O)c2cccc(O)c2O)cc1. The predicted molar refractivity (Wildman–Crippen MR) is 82.8 cm³/mol. The summed E-state index contributed by atoms with van der Waals surface area (Å²) in [5.41, 5.74) is 1.93. The van der Waals surface area contributed by atoms with E-state index >= 15 is 0 Å². The van der Waals surface area contributed by atoms with E-state index in [2.05, 4.69) is 12.2 Å². The Labute approximate surface area is 124 Å². The molecule has 0 aliphatic carbocycles. The zero-order valence-corrected chi connectivity index (χ0v) is 12.0. The Morgan fingerprint density at radius 3 is 2.48 bits per heavy atom. The lowest BCUT2D eigenvalue weighted by atomic mass is 10.1. The van der Waals surface area contributed by atoms with Gasteiger partial charge in [-0.2, -0.15) is 0 Å². The van der Waals surface area contributed by atoms with Crippen molar-refractivity contribution >= 4 is 11.6 Å². The summed E-state index contributed by atoms with van der Waals surface area (Å²) in [5, 5.41) is 21.8. The Morgan fingerprint density at radius 2 is 1.81 bits per heavy atom. The van der Waals surface area contributed by atoms with Crippen molar-refractivity contribution in [1.82, 2.24) is 0 Å². The third-order valence-electron chi connectivity index (χ3n) is 3.29. The van der Waals surface area contributed by atoms with Crippen LogP contribution in [-0.2, 0) is 6.42 Å². The lowest BCUT2D eigenvalue weighted by Crippen LogP contribution is -2.12. The van der Waals surface area contributed by atoms with Crippen molar-refractivity contribution in [3.05, 3.63) is 53.6 Å². The molecule has 0 heterocycles. The van der Waals surface area contributed by atoms with Crippen molar-refractivity contribution < 1.29 is 15.0 Å². The van der Waals surface area contributed by atoms with Crippen LogP contribution in [0.25, 0.3) is 0 Å². The number of phenols is 2. The molecule has 2 aromatic carbocycles. The summed E-state index contributed by atoms with van der Waals surface area (Å²) in [4.78, 5) is 12.1. The number of unbranched alkanes of at least 4 members (excludes halogenated alkanes) is 1. The first-order valence-electron chi connectivity index (χ1n) is 7.03. The molecule has 1 amide bonds. The molecule has 21 heavy (non-hydrogen) atoms. The number of carbonyl (C=O) groups excluding carboxylic acids is 1. The first-order chi connectivity index (χ1) is 10.1. The summed E-state index contributed by atoms with van der Waals surface area (Å²) < 4.78 is 0. The molecular formula is C17H19NO3. The van der Waals surface area contributed by atoms with Gasteiger partial charge in [0.2, 0.25) is 0 Å². The van der Waals surface area contributed by atoms with E-state index < -0.39 is 11.7 Å². The van der Waals surface area contributed by atoms with E-state index in [1.165, 1.54) is 23.8 Å². The van der Waals surface area contributed by atoms with E-state index in [4.69, 9.17) is 0 Å². The van der Waals surface area contributed by atoms with Crippen molar-refractivity contribution in [2.45, 2.75) is 26.2 Å². The van der Waals surface area contributed by atoms with Gasteiger partial charge in [0.25, 0.3) is 5.91 Å². The molecule has 0 bridgehead atoms. The van der Waals surface area contributed by atoms with Crippen LogP contribution in [0.4, 0.5) is 5.69 Å². The Bertz CT molecular complexity index is 620. The van der Waals surface area contributed by atoms with Crippen LogP contribution >= 0.6 is 0 Å². The molecule has 0 saturated carbocycles. The lowest BCUT2D eigenvalue weighted by Gasteiger charge is -2.08. The fraction of sp³-hybridized carbons (Fsp3) is 0.235. The van der Waals surface area contributed by atoms with Crippen LogP contribution in [0.2, 0.25) is 0 Å². The highest BCUT2D eigenvalue weighted by Crippen LogP contribution is 2.28. The maximum atomic E-state index is 12.1. The fourth-order valence-corrected chi connectivity index (χ4v) is 2.05. The molecule has 0 aliphatic heterocycles. The average Bonchev–Trinajstić information content (AvgIpc) is 2.49. The van der Waals surface area contributed by atoms with Gasteiger partial charge in [-0.1, -0.05) is 31.5 Å². The van der Waals surface area contributed by atoms with Gasteiger partial charge < -0.3 is 15.5 Å². The van der Waals surface area contributed by atoms with Gasteiger partial charge in [0.05, 0.1) is 5.56 Å². The normalized spacial score (nSPS) is 10.3. The first-order valence-corrected chi connectivity index (χ1v) is 7.03. The maximum absolute atomic E-state index is 12.1. The van der Waals surface area contributed by atoms with E-state index in [0.29, 0.717) is 5.69 Å². The summed E-state index contributed by atoms with van der Waals surface area (Å²) in [6.07, 6.45) is 3.32. The molecule has 0 radical (unpaired) electrons. The van der Waals surface area contributed by atoms with Gasteiger partial charge >= 0.3 is 0 Å². The molecule has 0 atom stereocenters. The minimum absolute atomic E-state index is 0.0464. The first kappa shape index (κ1) is 14.9. The van der Waals surface area contributed by atoms with Crippen LogP contribution in [0.1, 0.15) is 35.7 Å². The molecule has 0 spiro atoms. The summed E-state index contributed by atoms with van der Waals surface area (Å²) in [5.74, 6) is -1.17. The van der Waals surface area contributed by atoms with Gasteiger partial charge in [-0.3, -0.25) is 4.79 Å². The van der Waals surface area contributed by atoms with Crippen LogP contribution in [0.5, 0.6) is 11.5 Å². The number of hydrogen-bond donors (Lipinski definition) is 3. The molecule has 2 rings (SSSR count). The zero-order valence-electron chi connectivity index (χ0n) is 12.0. The van der Waals surface area contributed by atoms with E-state index in [-0.39, 0.29) is 11.3 Å². The number of hydrogen-bond acceptors (Lipinski definition) is 3. The molecular weight excluding hydrogens is 266 g/mol. The van der Waals surface area contributed by atoms with Crippen molar-refractivity contribution in [3.8, 4) is 11.5 Å². The van der Waals surface area contributed by atoms with Crippen LogP contribution in [0, 0.1) is 0 Å². The van der Waals surface area contributed by atoms with Crippen molar-refractivity contribution in [2.75, 3.05) is 5.32 Å². The molecule has 0 aromatic heterocycles. The number of aryl methyl sites for hydroxylation is 1. The Balaban J connectivity index is 2.07. The lowest BCUT2D eigenvalue weighted by molar-refractivity contribution is 0.102. The summed E-state index contributed by atoms with van der Waals surface area (Å²) >= 11 is 0. The molecule has 0 aliphatic rings. The average molecular weight is 285 g/mol.